The van der Waals surface area contributed by atoms with Gasteiger partial charge in [0.1, 0.15) is 0 Å². The van der Waals surface area contributed by atoms with Gasteiger partial charge in [0.15, 0.2) is 5.65 Å². The van der Waals surface area contributed by atoms with Gasteiger partial charge in [0.05, 0.1) is 11.1 Å². The molecule has 5 aliphatic rings. The van der Waals surface area contributed by atoms with E-state index in [1.165, 1.54) is 17.4 Å². The Hall–Kier alpha value is -2.93. The van der Waals surface area contributed by atoms with Crippen molar-refractivity contribution in [3.63, 3.8) is 0 Å². The van der Waals surface area contributed by atoms with E-state index in [2.05, 4.69) is 15.3 Å². The molecule has 0 saturated heterocycles. The van der Waals surface area contributed by atoms with Gasteiger partial charge in [-0.15, -0.1) is 0 Å². The Morgan fingerprint density at radius 1 is 1.15 bits per heavy atom. The van der Waals surface area contributed by atoms with Crippen molar-refractivity contribution < 1.29 is 9.90 Å². The van der Waals surface area contributed by atoms with Crippen molar-refractivity contribution in [2.45, 2.75) is 18.4 Å². The van der Waals surface area contributed by atoms with Gasteiger partial charge in [0.25, 0.3) is 5.91 Å². The number of nitrogens with zero attached hydrogens (tertiary/aromatic N) is 2. The molecule has 5 saturated carbocycles. The van der Waals surface area contributed by atoms with Crippen molar-refractivity contribution in [2.75, 3.05) is 6.54 Å². The number of pyridine rings is 1. The van der Waals surface area contributed by atoms with E-state index >= 15 is 0 Å². The number of fused-ring (bicyclic) bond motifs is 3. The molecule has 0 aliphatic heterocycles. The van der Waals surface area contributed by atoms with E-state index in [0.717, 1.165) is 34.4 Å². The zero-order valence-corrected chi connectivity index (χ0v) is 18.4. The molecule has 8 rings (SSSR count). The summed E-state index contributed by atoms with van der Waals surface area (Å²) in [7, 11) is 1.71. The third kappa shape index (κ3) is 2.04. The number of aliphatic hydroxyl groups is 1. The van der Waals surface area contributed by atoms with Crippen molar-refractivity contribution in [2.24, 2.45) is 54.4 Å². The molecule has 9 unspecified atom stereocenters. The smallest absolute Gasteiger partial charge is 0.327 e. The first-order chi connectivity index (χ1) is 16.0. The number of carbonyl (C=O) groups is 1. The fraction of sp³-hybridized carbons (Fsp3) is 0.500. The second kappa shape index (κ2) is 5.76. The number of imidazole rings is 1. The molecule has 33 heavy (non-hydrogen) atoms. The number of aromatic nitrogens is 3. The fourth-order valence-corrected chi connectivity index (χ4v) is 9.38. The Morgan fingerprint density at radius 3 is 2.85 bits per heavy atom. The molecule has 2 bridgehead atoms. The summed E-state index contributed by atoms with van der Waals surface area (Å²) >= 11 is 0. The van der Waals surface area contributed by atoms with Crippen LogP contribution in [0.2, 0.25) is 0 Å². The van der Waals surface area contributed by atoms with Crippen LogP contribution in [0.1, 0.15) is 23.2 Å². The predicted octanol–water partition coefficient (Wildman–Crippen LogP) is 2.17. The molecular weight excluding hydrogens is 416 g/mol. The molecule has 3 N–H and O–H groups in total. The van der Waals surface area contributed by atoms with Crippen molar-refractivity contribution in [1.82, 2.24) is 19.9 Å². The summed E-state index contributed by atoms with van der Waals surface area (Å²) in [5, 5.41) is 14.9. The topological polar surface area (TPSA) is 100 Å². The second-order valence-electron chi connectivity index (χ2n) is 11.2. The minimum atomic E-state index is -0.716. The molecule has 5 aliphatic carbocycles. The number of hydrogen-bond donors (Lipinski definition) is 3. The molecule has 1 aromatic carbocycles. The lowest BCUT2D eigenvalue weighted by atomic mass is 9.56. The van der Waals surface area contributed by atoms with Gasteiger partial charge in [0, 0.05) is 30.9 Å². The molecule has 2 aromatic heterocycles. The first kappa shape index (κ1) is 18.5. The van der Waals surface area contributed by atoms with Gasteiger partial charge < -0.3 is 10.4 Å². The molecule has 0 radical (unpaired) electrons. The molecular formula is C26H26N4O3. The van der Waals surface area contributed by atoms with E-state index in [9.17, 15) is 14.7 Å². The number of carbonyl (C=O) groups excluding carboxylic acids is 1. The van der Waals surface area contributed by atoms with E-state index in [0.29, 0.717) is 47.3 Å². The largest absolute Gasteiger partial charge is 0.387 e. The summed E-state index contributed by atoms with van der Waals surface area (Å²) in [6, 6.07) is 9.37. The van der Waals surface area contributed by atoms with E-state index < -0.39 is 5.60 Å². The first-order valence-electron chi connectivity index (χ1n) is 12.1. The van der Waals surface area contributed by atoms with Crippen LogP contribution in [-0.2, 0) is 7.05 Å². The maximum atomic E-state index is 13.1. The standard InChI is InChI=1S/C26H26N4O3/c1-30-18-6-13(9-27-23(18)29-25(30)32)11-3-2-4-12(5-11)24(31)28-10-26(33)21-15-8-16-19-14(15)7-17(21)20(19)22(16)26/h2-6,9,14-17,19-22,33H,7-8,10H2,1H3,(H,28,31)(H,27,29,32). The average Bonchev–Trinajstić information content (AvgIpc) is 3.44. The van der Waals surface area contributed by atoms with Crippen LogP contribution in [0.15, 0.2) is 41.3 Å². The summed E-state index contributed by atoms with van der Waals surface area (Å²) in [5.74, 6) is 5.20. The SMILES string of the molecule is Cn1c(=O)[nH]c2ncc(-c3cccc(C(=O)NCC4(O)C5C6CC7C8C6CC5C8C74)c3)cc21. The highest BCUT2D eigenvalue weighted by Gasteiger charge is 2.84. The normalized spacial score (nSPS) is 40.7. The van der Waals surface area contributed by atoms with Gasteiger partial charge in [-0.25, -0.2) is 9.78 Å². The van der Waals surface area contributed by atoms with Gasteiger partial charge in [-0.2, -0.15) is 0 Å². The maximum Gasteiger partial charge on any atom is 0.327 e. The Labute approximate surface area is 190 Å². The van der Waals surface area contributed by atoms with Crippen LogP contribution in [-0.4, -0.2) is 37.7 Å². The maximum absolute atomic E-state index is 13.1. The van der Waals surface area contributed by atoms with Gasteiger partial charge in [-0.3, -0.25) is 14.3 Å². The van der Waals surface area contributed by atoms with Crippen LogP contribution in [0.3, 0.4) is 0 Å². The quantitative estimate of drug-likeness (QED) is 0.577. The summed E-state index contributed by atoms with van der Waals surface area (Å²) in [6.07, 6.45) is 4.35. The minimum Gasteiger partial charge on any atom is -0.387 e. The van der Waals surface area contributed by atoms with Crippen LogP contribution in [0.25, 0.3) is 22.3 Å². The number of benzene rings is 1. The van der Waals surface area contributed by atoms with E-state index in [1.54, 1.807) is 13.2 Å². The van der Waals surface area contributed by atoms with Crippen LogP contribution in [0, 0.1) is 47.3 Å². The van der Waals surface area contributed by atoms with Gasteiger partial charge in [0.2, 0.25) is 0 Å². The lowest BCUT2D eigenvalue weighted by Crippen LogP contribution is -2.59. The lowest BCUT2D eigenvalue weighted by molar-refractivity contribution is -0.126. The van der Waals surface area contributed by atoms with Gasteiger partial charge in [-0.1, -0.05) is 12.1 Å². The number of aryl methyl sites for hydroxylation is 1. The van der Waals surface area contributed by atoms with Crippen LogP contribution >= 0.6 is 0 Å². The van der Waals surface area contributed by atoms with Gasteiger partial charge in [-0.05, 0) is 83.9 Å². The summed E-state index contributed by atoms with van der Waals surface area (Å²) in [4.78, 5) is 32.1. The molecule has 168 valence electrons. The average molecular weight is 443 g/mol. The predicted molar refractivity (Wildman–Crippen MR) is 121 cm³/mol. The monoisotopic (exact) mass is 442 g/mol. The summed E-state index contributed by atoms with van der Waals surface area (Å²) in [5.41, 5.74) is 2.62. The van der Waals surface area contributed by atoms with Crippen molar-refractivity contribution in [3.05, 3.63) is 52.6 Å². The van der Waals surface area contributed by atoms with Crippen molar-refractivity contribution >= 4 is 17.1 Å². The number of amides is 1. The van der Waals surface area contributed by atoms with Crippen LogP contribution < -0.4 is 11.0 Å². The molecule has 3 aromatic rings. The molecule has 7 heteroatoms. The minimum absolute atomic E-state index is 0.147. The second-order valence-corrected chi connectivity index (χ2v) is 11.2. The molecule has 9 atom stereocenters. The number of rotatable bonds is 4. The van der Waals surface area contributed by atoms with Crippen molar-refractivity contribution in [1.29, 1.82) is 0 Å². The Kier molecular flexibility index (Phi) is 3.23. The first-order valence-corrected chi connectivity index (χ1v) is 12.1. The fourth-order valence-electron chi connectivity index (χ4n) is 9.38. The van der Waals surface area contributed by atoms with Crippen LogP contribution in [0.4, 0.5) is 0 Å². The molecule has 7 nitrogen and oxygen atoms in total. The van der Waals surface area contributed by atoms with Gasteiger partial charge >= 0.3 is 5.69 Å². The van der Waals surface area contributed by atoms with E-state index in [4.69, 9.17) is 0 Å². The Balaban J connectivity index is 1.05. The zero-order chi connectivity index (χ0) is 22.2. The zero-order valence-electron chi connectivity index (χ0n) is 18.4. The highest BCUT2D eigenvalue weighted by Crippen LogP contribution is 2.85. The number of nitrogens with one attached hydrogen (secondary N) is 2. The molecule has 2 heterocycles. The summed E-state index contributed by atoms with van der Waals surface area (Å²) < 4.78 is 1.53. The molecule has 5 fully saturated rings. The Bertz CT molecular complexity index is 1420. The molecule has 1 amide bonds. The number of H-pyrrole nitrogens is 1. The number of hydrogen-bond acceptors (Lipinski definition) is 4. The third-order valence-electron chi connectivity index (χ3n) is 10.3. The third-order valence-corrected chi connectivity index (χ3v) is 10.3. The number of aromatic amines is 1. The van der Waals surface area contributed by atoms with Crippen molar-refractivity contribution in [3.8, 4) is 11.1 Å². The summed E-state index contributed by atoms with van der Waals surface area (Å²) in [6.45, 7) is 0.365. The Morgan fingerprint density at radius 2 is 1.97 bits per heavy atom. The highest BCUT2D eigenvalue weighted by atomic mass is 16.3. The highest BCUT2D eigenvalue weighted by molar-refractivity contribution is 5.95. The lowest BCUT2D eigenvalue weighted by Gasteiger charge is -2.51. The molecule has 0 spiro atoms. The van der Waals surface area contributed by atoms with E-state index in [-0.39, 0.29) is 11.6 Å². The van der Waals surface area contributed by atoms with E-state index in [1.807, 2.05) is 30.3 Å². The van der Waals surface area contributed by atoms with Crippen LogP contribution in [0.5, 0.6) is 0 Å².